The second kappa shape index (κ2) is 7.08. The third-order valence-corrected chi connectivity index (χ3v) is 4.73. The molecular formula is C22H21N3O. The summed E-state index contributed by atoms with van der Waals surface area (Å²) in [5.41, 5.74) is 3.35. The maximum Gasteiger partial charge on any atom is 0.255 e. The van der Waals surface area contributed by atoms with Gasteiger partial charge in [0.05, 0.1) is 17.3 Å². The predicted octanol–water partition coefficient (Wildman–Crippen LogP) is 4.18. The molecule has 4 rings (SSSR count). The maximum atomic E-state index is 12.9. The Balaban J connectivity index is 1.62. The molecule has 0 radical (unpaired) electrons. The van der Waals surface area contributed by atoms with Gasteiger partial charge in [-0.2, -0.15) is 0 Å². The third-order valence-electron chi connectivity index (χ3n) is 4.73. The SMILES string of the molecule is Cc1nc(C2CC2)ncc1C(=O)NC(c1ccccc1)c1ccccc1. The first-order valence-electron chi connectivity index (χ1n) is 8.96. The van der Waals surface area contributed by atoms with Gasteiger partial charge in [-0.3, -0.25) is 4.79 Å². The Morgan fingerprint density at radius 1 is 1.00 bits per heavy atom. The van der Waals surface area contributed by atoms with Crippen molar-refractivity contribution in [2.75, 3.05) is 0 Å². The molecule has 0 spiro atoms. The molecule has 1 aliphatic rings. The minimum absolute atomic E-state index is 0.150. The fourth-order valence-electron chi connectivity index (χ4n) is 3.11. The number of rotatable bonds is 5. The largest absolute Gasteiger partial charge is 0.341 e. The Bertz CT molecular complexity index is 866. The highest BCUT2D eigenvalue weighted by Gasteiger charge is 2.27. The third kappa shape index (κ3) is 3.49. The summed E-state index contributed by atoms with van der Waals surface area (Å²) in [7, 11) is 0. The molecule has 0 aliphatic heterocycles. The molecular weight excluding hydrogens is 322 g/mol. The molecule has 3 aromatic rings. The smallest absolute Gasteiger partial charge is 0.255 e. The summed E-state index contributed by atoms with van der Waals surface area (Å²) < 4.78 is 0. The molecule has 130 valence electrons. The first-order valence-corrected chi connectivity index (χ1v) is 8.96. The highest BCUT2D eigenvalue weighted by molar-refractivity contribution is 5.95. The number of carbonyl (C=O) groups excluding carboxylic acids is 1. The van der Waals surface area contributed by atoms with Gasteiger partial charge in [-0.25, -0.2) is 9.97 Å². The number of hydrogen-bond donors (Lipinski definition) is 1. The average molecular weight is 343 g/mol. The molecule has 1 amide bonds. The number of amides is 1. The number of benzene rings is 2. The van der Waals surface area contributed by atoms with Crippen LogP contribution in [0.15, 0.2) is 66.9 Å². The van der Waals surface area contributed by atoms with E-state index in [0.29, 0.717) is 11.5 Å². The highest BCUT2D eigenvalue weighted by Crippen LogP contribution is 2.38. The number of nitrogens with zero attached hydrogens (tertiary/aromatic N) is 2. The standard InChI is InChI=1S/C22H21N3O/c1-15-19(14-23-21(24-15)18-12-13-18)22(26)25-20(16-8-4-2-5-9-16)17-10-6-3-7-11-17/h2-11,14,18,20H,12-13H2,1H3,(H,25,26). The number of hydrogen-bond acceptors (Lipinski definition) is 3. The molecule has 1 aliphatic carbocycles. The molecule has 0 saturated heterocycles. The van der Waals surface area contributed by atoms with E-state index in [9.17, 15) is 4.79 Å². The summed E-state index contributed by atoms with van der Waals surface area (Å²) in [6.45, 7) is 1.88. The quantitative estimate of drug-likeness (QED) is 0.756. The Morgan fingerprint density at radius 3 is 2.08 bits per heavy atom. The zero-order valence-corrected chi connectivity index (χ0v) is 14.7. The van der Waals surface area contributed by atoms with E-state index >= 15 is 0 Å². The maximum absolute atomic E-state index is 12.9. The molecule has 1 N–H and O–H groups in total. The molecule has 0 atom stereocenters. The van der Waals surface area contributed by atoms with Gasteiger partial charge in [0.1, 0.15) is 5.82 Å². The Hall–Kier alpha value is -3.01. The molecule has 1 saturated carbocycles. The summed E-state index contributed by atoms with van der Waals surface area (Å²) >= 11 is 0. The van der Waals surface area contributed by atoms with Crippen LogP contribution in [0.4, 0.5) is 0 Å². The van der Waals surface area contributed by atoms with Gasteiger partial charge >= 0.3 is 0 Å². The first-order chi connectivity index (χ1) is 12.7. The number of nitrogens with one attached hydrogen (secondary N) is 1. The molecule has 1 aromatic heterocycles. The van der Waals surface area contributed by atoms with E-state index in [2.05, 4.69) is 15.3 Å². The van der Waals surface area contributed by atoms with Gasteiger partial charge < -0.3 is 5.32 Å². The summed E-state index contributed by atoms with van der Waals surface area (Å²) in [5.74, 6) is 1.19. The fraction of sp³-hybridized carbons (Fsp3) is 0.227. The number of carbonyl (C=O) groups is 1. The van der Waals surface area contributed by atoms with Gasteiger partial charge in [-0.1, -0.05) is 60.7 Å². The van der Waals surface area contributed by atoms with Gasteiger partial charge in [0.15, 0.2) is 0 Å². The van der Waals surface area contributed by atoms with Crippen LogP contribution in [0.3, 0.4) is 0 Å². The van der Waals surface area contributed by atoms with Crippen LogP contribution in [-0.4, -0.2) is 15.9 Å². The second-order valence-electron chi connectivity index (χ2n) is 6.73. The van der Waals surface area contributed by atoms with Crippen LogP contribution >= 0.6 is 0 Å². The van der Waals surface area contributed by atoms with Crippen LogP contribution in [0, 0.1) is 6.92 Å². The topological polar surface area (TPSA) is 54.9 Å². The van der Waals surface area contributed by atoms with E-state index in [1.165, 1.54) is 0 Å². The van der Waals surface area contributed by atoms with E-state index < -0.39 is 0 Å². The van der Waals surface area contributed by atoms with Gasteiger partial charge in [0, 0.05) is 12.1 Å². The summed E-state index contributed by atoms with van der Waals surface area (Å²) in [6, 6.07) is 19.8. The molecule has 0 bridgehead atoms. The molecule has 1 heterocycles. The van der Waals surface area contributed by atoms with E-state index in [-0.39, 0.29) is 11.9 Å². The molecule has 2 aromatic carbocycles. The zero-order valence-electron chi connectivity index (χ0n) is 14.7. The molecule has 4 nitrogen and oxygen atoms in total. The normalized spacial score (nSPS) is 13.6. The van der Waals surface area contributed by atoms with E-state index in [1.807, 2.05) is 67.6 Å². The van der Waals surface area contributed by atoms with Crippen molar-refractivity contribution < 1.29 is 4.79 Å². The van der Waals surface area contributed by atoms with Crippen LogP contribution in [0.5, 0.6) is 0 Å². The summed E-state index contributed by atoms with van der Waals surface area (Å²) in [6.07, 6.45) is 3.96. The van der Waals surface area contributed by atoms with Gasteiger partial charge in [-0.15, -0.1) is 0 Å². The lowest BCUT2D eigenvalue weighted by atomic mass is 9.98. The van der Waals surface area contributed by atoms with Crippen molar-refractivity contribution in [3.63, 3.8) is 0 Å². The van der Waals surface area contributed by atoms with Crippen molar-refractivity contribution in [2.45, 2.75) is 31.7 Å². The van der Waals surface area contributed by atoms with E-state index in [1.54, 1.807) is 6.20 Å². The Kier molecular flexibility index (Phi) is 4.48. The van der Waals surface area contributed by atoms with Crippen LogP contribution in [0.2, 0.25) is 0 Å². The lowest BCUT2D eigenvalue weighted by Crippen LogP contribution is -2.30. The zero-order chi connectivity index (χ0) is 17.9. The van der Waals surface area contributed by atoms with Gasteiger partial charge in [0.25, 0.3) is 5.91 Å². The first kappa shape index (κ1) is 16.5. The van der Waals surface area contributed by atoms with Crippen molar-refractivity contribution in [3.05, 3.63) is 95.1 Å². The van der Waals surface area contributed by atoms with Crippen molar-refractivity contribution in [2.24, 2.45) is 0 Å². The number of aryl methyl sites for hydroxylation is 1. The molecule has 0 unspecified atom stereocenters. The molecule has 1 fully saturated rings. The highest BCUT2D eigenvalue weighted by atomic mass is 16.1. The van der Waals surface area contributed by atoms with Crippen LogP contribution in [0.1, 0.15) is 57.8 Å². The van der Waals surface area contributed by atoms with Gasteiger partial charge in [0.2, 0.25) is 0 Å². The lowest BCUT2D eigenvalue weighted by Gasteiger charge is -2.20. The predicted molar refractivity (Wildman–Crippen MR) is 101 cm³/mol. The van der Waals surface area contributed by atoms with Gasteiger partial charge in [-0.05, 0) is 30.9 Å². The van der Waals surface area contributed by atoms with Crippen LogP contribution < -0.4 is 5.32 Å². The van der Waals surface area contributed by atoms with Crippen molar-refractivity contribution >= 4 is 5.91 Å². The van der Waals surface area contributed by atoms with Crippen molar-refractivity contribution in [1.29, 1.82) is 0 Å². The minimum atomic E-state index is -0.215. The van der Waals surface area contributed by atoms with Crippen LogP contribution in [-0.2, 0) is 0 Å². The van der Waals surface area contributed by atoms with Crippen molar-refractivity contribution in [1.82, 2.24) is 15.3 Å². The van der Waals surface area contributed by atoms with E-state index in [0.717, 1.165) is 35.5 Å². The number of aromatic nitrogens is 2. The fourth-order valence-corrected chi connectivity index (χ4v) is 3.11. The minimum Gasteiger partial charge on any atom is -0.341 e. The summed E-state index contributed by atoms with van der Waals surface area (Å²) in [4.78, 5) is 21.9. The van der Waals surface area contributed by atoms with Crippen molar-refractivity contribution in [3.8, 4) is 0 Å². The Labute approximate surface area is 153 Å². The lowest BCUT2D eigenvalue weighted by molar-refractivity contribution is 0.0941. The average Bonchev–Trinajstić information content (AvgIpc) is 3.52. The van der Waals surface area contributed by atoms with Crippen LogP contribution in [0.25, 0.3) is 0 Å². The monoisotopic (exact) mass is 343 g/mol. The Morgan fingerprint density at radius 2 is 1.58 bits per heavy atom. The van der Waals surface area contributed by atoms with E-state index in [4.69, 9.17) is 0 Å². The molecule has 26 heavy (non-hydrogen) atoms. The molecule has 4 heteroatoms. The summed E-state index contributed by atoms with van der Waals surface area (Å²) in [5, 5.41) is 3.15. The second-order valence-corrected chi connectivity index (χ2v) is 6.73.